The highest BCUT2D eigenvalue weighted by Gasteiger charge is 2.27. The second-order valence-electron chi connectivity index (χ2n) is 6.40. The van der Waals surface area contributed by atoms with E-state index >= 15 is 0 Å². The third-order valence-electron chi connectivity index (χ3n) is 3.58. The number of aromatic nitrogens is 3. The van der Waals surface area contributed by atoms with E-state index in [9.17, 15) is 4.79 Å². The number of carbonyl (C=O) groups is 1. The van der Waals surface area contributed by atoms with Crippen LogP contribution in [-0.4, -0.2) is 20.7 Å². The summed E-state index contributed by atoms with van der Waals surface area (Å²) in [5.74, 6) is 0.470. The van der Waals surface area contributed by atoms with Gasteiger partial charge < -0.3 is 9.88 Å². The van der Waals surface area contributed by atoms with Crippen molar-refractivity contribution in [1.29, 1.82) is 0 Å². The Morgan fingerprint density at radius 3 is 2.80 bits per heavy atom. The van der Waals surface area contributed by atoms with Crippen LogP contribution in [0.3, 0.4) is 0 Å². The van der Waals surface area contributed by atoms with Crippen molar-refractivity contribution in [2.45, 2.75) is 45.1 Å². The van der Waals surface area contributed by atoms with Crippen LogP contribution in [-0.2, 0) is 5.41 Å². The topological polar surface area (TPSA) is 62.7 Å². The van der Waals surface area contributed by atoms with Crippen LogP contribution in [0.25, 0.3) is 0 Å². The lowest BCUT2D eigenvalue weighted by atomic mass is 9.92. The fraction of sp³-hybridized carbons (Fsp3) is 0.467. The summed E-state index contributed by atoms with van der Waals surface area (Å²) in [6.07, 6.45) is 4.29. The number of hydrogen-bond acceptors (Lipinski definition) is 2. The average Bonchev–Trinajstić information content (AvgIpc) is 2.91. The molecular weight excluding hydrogens is 252 g/mol. The standard InChI is InChI=1S/C15H20N4O/c1-15(2,3)12-9-13(18-17-12)16-14(20)11-5-4-8-19(11)10-6-7-10/h4-5,8-10H,6-7H2,1-3H3,(H2,16,17,18,20). The van der Waals surface area contributed by atoms with Crippen molar-refractivity contribution >= 4 is 11.7 Å². The molecule has 0 aromatic carbocycles. The van der Waals surface area contributed by atoms with Gasteiger partial charge in [0.2, 0.25) is 0 Å². The van der Waals surface area contributed by atoms with Crippen molar-refractivity contribution in [2.24, 2.45) is 0 Å². The molecule has 2 aromatic heterocycles. The van der Waals surface area contributed by atoms with Gasteiger partial charge in [-0.05, 0) is 25.0 Å². The molecule has 1 aliphatic carbocycles. The molecule has 0 atom stereocenters. The van der Waals surface area contributed by atoms with Crippen molar-refractivity contribution in [3.05, 3.63) is 35.8 Å². The number of carbonyl (C=O) groups excluding carboxylic acids is 1. The monoisotopic (exact) mass is 272 g/mol. The maximum Gasteiger partial charge on any atom is 0.273 e. The average molecular weight is 272 g/mol. The van der Waals surface area contributed by atoms with Gasteiger partial charge in [0.25, 0.3) is 5.91 Å². The highest BCUT2D eigenvalue weighted by Crippen LogP contribution is 2.36. The van der Waals surface area contributed by atoms with E-state index in [1.54, 1.807) is 0 Å². The summed E-state index contributed by atoms with van der Waals surface area (Å²) >= 11 is 0. The molecule has 2 N–H and O–H groups in total. The van der Waals surface area contributed by atoms with E-state index in [0.717, 1.165) is 18.5 Å². The molecule has 2 aromatic rings. The van der Waals surface area contributed by atoms with Gasteiger partial charge in [-0.25, -0.2) is 0 Å². The molecule has 0 unspecified atom stereocenters. The lowest BCUT2D eigenvalue weighted by molar-refractivity contribution is 0.101. The predicted octanol–water partition coefficient (Wildman–Crippen LogP) is 3.10. The number of nitrogens with one attached hydrogen (secondary N) is 2. The Kier molecular flexibility index (Phi) is 2.92. The zero-order chi connectivity index (χ0) is 14.3. The highest BCUT2D eigenvalue weighted by molar-refractivity contribution is 6.02. The first-order valence-electron chi connectivity index (χ1n) is 6.99. The third kappa shape index (κ3) is 2.48. The van der Waals surface area contributed by atoms with Crippen LogP contribution in [0.4, 0.5) is 5.82 Å². The molecule has 1 amide bonds. The van der Waals surface area contributed by atoms with Crippen LogP contribution in [0, 0.1) is 0 Å². The Hall–Kier alpha value is -2.04. The number of anilines is 1. The van der Waals surface area contributed by atoms with Crippen LogP contribution in [0.15, 0.2) is 24.4 Å². The number of H-pyrrole nitrogens is 1. The fourth-order valence-electron chi connectivity index (χ4n) is 2.21. The van der Waals surface area contributed by atoms with Crippen LogP contribution in [0.2, 0.25) is 0 Å². The van der Waals surface area contributed by atoms with Crippen molar-refractivity contribution in [1.82, 2.24) is 14.8 Å². The third-order valence-corrected chi connectivity index (χ3v) is 3.58. The molecular formula is C15H20N4O. The molecule has 1 aliphatic rings. The first-order valence-corrected chi connectivity index (χ1v) is 6.99. The fourth-order valence-corrected chi connectivity index (χ4v) is 2.21. The molecule has 2 heterocycles. The molecule has 5 nitrogen and oxygen atoms in total. The zero-order valence-corrected chi connectivity index (χ0v) is 12.1. The lowest BCUT2D eigenvalue weighted by Gasteiger charge is -2.14. The van der Waals surface area contributed by atoms with E-state index in [2.05, 4.69) is 36.3 Å². The highest BCUT2D eigenvalue weighted by atomic mass is 16.2. The minimum atomic E-state index is -0.103. The second kappa shape index (κ2) is 4.51. The Morgan fingerprint density at radius 1 is 1.45 bits per heavy atom. The largest absolute Gasteiger partial charge is 0.340 e. The Labute approximate surface area is 118 Å². The molecule has 0 radical (unpaired) electrons. The molecule has 0 saturated heterocycles. The first-order chi connectivity index (χ1) is 9.45. The molecule has 5 heteroatoms. The number of nitrogens with zero attached hydrogens (tertiary/aromatic N) is 2. The van der Waals surface area contributed by atoms with E-state index in [-0.39, 0.29) is 11.3 Å². The van der Waals surface area contributed by atoms with Crippen LogP contribution < -0.4 is 5.32 Å². The predicted molar refractivity (Wildman–Crippen MR) is 77.9 cm³/mol. The first kappa shape index (κ1) is 13.0. The number of rotatable bonds is 3. The summed E-state index contributed by atoms with van der Waals surface area (Å²) < 4.78 is 2.05. The van der Waals surface area contributed by atoms with Gasteiger partial charge in [-0.15, -0.1) is 0 Å². The Bertz CT molecular complexity index is 628. The Balaban J connectivity index is 1.75. The minimum Gasteiger partial charge on any atom is -0.340 e. The van der Waals surface area contributed by atoms with E-state index in [1.165, 1.54) is 0 Å². The number of amides is 1. The van der Waals surface area contributed by atoms with Crippen LogP contribution in [0.5, 0.6) is 0 Å². The molecule has 0 aliphatic heterocycles. The maximum atomic E-state index is 12.3. The van der Waals surface area contributed by atoms with Crippen LogP contribution >= 0.6 is 0 Å². The van der Waals surface area contributed by atoms with Gasteiger partial charge in [0.15, 0.2) is 5.82 Å². The van der Waals surface area contributed by atoms with Gasteiger partial charge in [-0.1, -0.05) is 20.8 Å². The van der Waals surface area contributed by atoms with Crippen molar-refractivity contribution in [3.63, 3.8) is 0 Å². The summed E-state index contributed by atoms with van der Waals surface area (Å²) in [4.78, 5) is 12.3. The van der Waals surface area contributed by atoms with E-state index in [1.807, 2.05) is 29.0 Å². The summed E-state index contributed by atoms with van der Waals surface area (Å²) in [5, 5.41) is 9.99. The van der Waals surface area contributed by atoms with Gasteiger partial charge in [0.05, 0.1) is 0 Å². The lowest BCUT2D eigenvalue weighted by Crippen LogP contribution is -2.16. The smallest absolute Gasteiger partial charge is 0.273 e. The molecule has 0 bridgehead atoms. The van der Waals surface area contributed by atoms with Crippen molar-refractivity contribution in [2.75, 3.05) is 5.32 Å². The van der Waals surface area contributed by atoms with E-state index in [4.69, 9.17) is 0 Å². The summed E-state index contributed by atoms with van der Waals surface area (Å²) in [7, 11) is 0. The summed E-state index contributed by atoms with van der Waals surface area (Å²) in [6, 6.07) is 6.15. The maximum absolute atomic E-state index is 12.3. The number of hydrogen-bond donors (Lipinski definition) is 2. The van der Waals surface area contributed by atoms with E-state index < -0.39 is 0 Å². The Morgan fingerprint density at radius 2 is 2.20 bits per heavy atom. The van der Waals surface area contributed by atoms with Crippen LogP contribution in [0.1, 0.15) is 55.8 Å². The van der Waals surface area contributed by atoms with Crippen molar-refractivity contribution in [3.8, 4) is 0 Å². The summed E-state index contributed by atoms with van der Waals surface area (Å²) in [6.45, 7) is 6.30. The molecule has 1 saturated carbocycles. The van der Waals surface area contributed by atoms with Gasteiger partial charge in [0.1, 0.15) is 5.69 Å². The normalized spacial score (nSPS) is 15.3. The molecule has 0 spiro atoms. The number of aromatic amines is 1. The molecule has 3 rings (SSSR count). The SMILES string of the molecule is CC(C)(C)c1cc(NC(=O)c2cccn2C2CC2)n[nH]1. The zero-order valence-electron chi connectivity index (χ0n) is 12.1. The van der Waals surface area contributed by atoms with Gasteiger partial charge in [-0.3, -0.25) is 9.89 Å². The molecule has 106 valence electrons. The quantitative estimate of drug-likeness (QED) is 0.901. The van der Waals surface area contributed by atoms with Crippen molar-refractivity contribution < 1.29 is 4.79 Å². The second-order valence-corrected chi connectivity index (χ2v) is 6.40. The van der Waals surface area contributed by atoms with Gasteiger partial charge in [0, 0.05) is 29.4 Å². The van der Waals surface area contributed by atoms with Gasteiger partial charge >= 0.3 is 0 Å². The molecule has 20 heavy (non-hydrogen) atoms. The minimum absolute atomic E-state index is 0.00971. The molecule has 1 fully saturated rings. The van der Waals surface area contributed by atoms with Gasteiger partial charge in [-0.2, -0.15) is 5.10 Å². The van der Waals surface area contributed by atoms with E-state index in [0.29, 0.717) is 17.6 Å². The summed E-state index contributed by atoms with van der Waals surface area (Å²) in [5.41, 5.74) is 1.70.